The quantitative estimate of drug-likeness (QED) is 0.518. The van der Waals surface area contributed by atoms with Crippen molar-refractivity contribution in [3.8, 4) is 5.75 Å². The second-order valence-corrected chi connectivity index (χ2v) is 6.43. The van der Waals surface area contributed by atoms with Crippen LogP contribution < -0.4 is 15.4 Å². The fraction of sp³-hybridized carbons (Fsp3) is 0.0909. The van der Waals surface area contributed by atoms with Crippen LogP contribution in [0, 0.1) is 0 Å². The number of pyridine rings is 1. The molecular weight excluding hydrogens is 374 g/mol. The first-order chi connectivity index (χ1) is 13.6. The van der Waals surface area contributed by atoms with Gasteiger partial charge in [-0.2, -0.15) is 0 Å². The van der Waals surface area contributed by atoms with E-state index in [9.17, 15) is 4.79 Å². The van der Waals surface area contributed by atoms with Gasteiger partial charge in [0.25, 0.3) is 5.91 Å². The van der Waals surface area contributed by atoms with Crippen LogP contribution in [0.4, 0.5) is 11.5 Å². The minimum atomic E-state index is -0.209. The topological polar surface area (TPSA) is 63.2 Å². The van der Waals surface area contributed by atoms with Gasteiger partial charge in [-0.3, -0.25) is 4.79 Å². The molecule has 2 aromatic carbocycles. The summed E-state index contributed by atoms with van der Waals surface area (Å²) in [5, 5.41) is 6.62. The van der Waals surface area contributed by atoms with Crippen LogP contribution in [-0.2, 0) is 6.61 Å². The zero-order valence-electron chi connectivity index (χ0n) is 15.2. The molecule has 0 aliphatic carbocycles. The Morgan fingerprint density at radius 3 is 2.57 bits per heavy atom. The number of amides is 1. The van der Waals surface area contributed by atoms with E-state index >= 15 is 0 Å². The molecular formula is C22H20ClN3O2. The molecule has 1 aromatic heterocycles. The van der Waals surface area contributed by atoms with Crippen molar-refractivity contribution in [3.05, 3.63) is 95.7 Å². The Morgan fingerprint density at radius 2 is 1.86 bits per heavy atom. The van der Waals surface area contributed by atoms with Crippen LogP contribution >= 0.6 is 11.6 Å². The number of halogens is 1. The Labute approximate surface area is 169 Å². The standard InChI is InChI=1S/C22H20ClN3O2/c1-2-12-24-21-14-17(11-13-25-21)22(27)26-19-7-9-20(10-8-19)28-15-16-3-5-18(23)6-4-16/h2-11,13-14H,1,12,15H2,(H,24,25)(H,26,27). The lowest BCUT2D eigenvalue weighted by molar-refractivity contribution is 0.102. The number of carbonyl (C=O) groups is 1. The minimum Gasteiger partial charge on any atom is -0.489 e. The van der Waals surface area contributed by atoms with Crippen LogP contribution in [0.25, 0.3) is 0 Å². The van der Waals surface area contributed by atoms with E-state index in [4.69, 9.17) is 16.3 Å². The zero-order valence-corrected chi connectivity index (χ0v) is 15.9. The van der Waals surface area contributed by atoms with E-state index in [1.54, 1.807) is 36.5 Å². The number of carbonyl (C=O) groups excluding carboxylic acids is 1. The smallest absolute Gasteiger partial charge is 0.255 e. The highest BCUT2D eigenvalue weighted by Gasteiger charge is 2.07. The molecule has 0 saturated heterocycles. The molecule has 6 heteroatoms. The summed E-state index contributed by atoms with van der Waals surface area (Å²) in [6, 6.07) is 18.1. The van der Waals surface area contributed by atoms with E-state index in [1.807, 2.05) is 36.4 Å². The van der Waals surface area contributed by atoms with Gasteiger partial charge in [-0.15, -0.1) is 6.58 Å². The molecule has 28 heavy (non-hydrogen) atoms. The molecule has 0 aliphatic heterocycles. The summed E-state index contributed by atoms with van der Waals surface area (Å²) < 4.78 is 5.75. The number of benzene rings is 2. The molecule has 0 bridgehead atoms. The van der Waals surface area contributed by atoms with Gasteiger partial charge in [0.2, 0.25) is 0 Å². The summed E-state index contributed by atoms with van der Waals surface area (Å²) in [7, 11) is 0. The molecule has 3 aromatic rings. The van der Waals surface area contributed by atoms with Crippen LogP contribution in [0.15, 0.2) is 79.5 Å². The van der Waals surface area contributed by atoms with E-state index < -0.39 is 0 Å². The number of hydrogen-bond acceptors (Lipinski definition) is 4. The largest absolute Gasteiger partial charge is 0.489 e. The molecule has 0 saturated carbocycles. The highest BCUT2D eigenvalue weighted by molar-refractivity contribution is 6.30. The molecule has 3 rings (SSSR count). The first kappa shape index (κ1) is 19.5. The Morgan fingerprint density at radius 1 is 1.11 bits per heavy atom. The van der Waals surface area contributed by atoms with E-state index in [2.05, 4.69) is 22.2 Å². The molecule has 0 spiro atoms. The van der Waals surface area contributed by atoms with Crippen molar-refractivity contribution in [3.63, 3.8) is 0 Å². The second-order valence-electron chi connectivity index (χ2n) is 5.99. The number of anilines is 2. The molecule has 0 aliphatic rings. The van der Waals surface area contributed by atoms with Crippen LogP contribution in [0.5, 0.6) is 5.75 Å². The Hall–Kier alpha value is -3.31. The lowest BCUT2D eigenvalue weighted by atomic mass is 10.2. The first-order valence-corrected chi connectivity index (χ1v) is 9.11. The summed E-state index contributed by atoms with van der Waals surface area (Å²) in [4.78, 5) is 16.6. The van der Waals surface area contributed by atoms with Gasteiger partial charge in [-0.05, 0) is 54.1 Å². The van der Waals surface area contributed by atoms with Crippen LogP contribution in [-0.4, -0.2) is 17.4 Å². The molecule has 0 atom stereocenters. The van der Waals surface area contributed by atoms with Crippen molar-refractivity contribution in [2.45, 2.75) is 6.61 Å². The van der Waals surface area contributed by atoms with Crippen molar-refractivity contribution in [2.75, 3.05) is 17.2 Å². The molecule has 0 fully saturated rings. The number of aromatic nitrogens is 1. The molecule has 0 radical (unpaired) electrons. The maximum Gasteiger partial charge on any atom is 0.255 e. The molecule has 1 amide bonds. The summed E-state index contributed by atoms with van der Waals surface area (Å²) in [6.07, 6.45) is 3.32. The summed E-state index contributed by atoms with van der Waals surface area (Å²) in [5.41, 5.74) is 2.23. The van der Waals surface area contributed by atoms with Crippen molar-refractivity contribution in [2.24, 2.45) is 0 Å². The lowest BCUT2D eigenvalue weighted by Crippen LogP contribution is -2.12. The monoisotopic (exact) mass is 393 g/mol. The van der Waals surface area contributed by atoms with Crippen molar-refractivity contribution in [1.82, 2.24) is 4.98 Å². The van der Waals surface area contributed by atoms with Gasteiger partial charge < -0.3 is 15.4 Å². The predicted octanol–water partition coefficient (Wildman–Crippen LogP) is 5.16. The minimum absolute atomic E-state index is 0.209. The maximum absolute atomic E-state index is 12.4. The van der Waals surface area contributed by atoms with E-state index in [0.29, 0.717) is 41.0 Å². The van der Waals surface area contributed by atoms with Gasteiger partial charge >= 0.3 is 0 Å². The summed E-state index contributed by atoms with van der Waals surface area (Å²) >= 11 is 5.88. The number of nitrogens with one attached hydrogen (secondary N) is 2. The number of ether oxygens (including phenoxy) is 1. The highest BCUT2D eigenvalue weighted by Crippen LogP contribution is 2.19. The summed E-state index contributed by atoms with van der Waals surface area (Å²) in [5.74, 6) is 1.13. The van der Waals surface area contributed by atoms with Crippen LogP contribution in [0.1, 0.15) is 15.9 Å². The predicted molar refractivity (Wildman–Crippen MR) is 113 cm³/mol. The third-order valence-corrected chi connectivity index (χ3v) is 4.13. The van der Waals surface area contributed by atoms with E-state index in [0.717, 1.165) is 5.56 Å². The van der Waals surface area contributed by atoms with Crippen LogP contribution in [0.2, 0.25) is 5.02 Å². The molecule has 1 heterocycles. The maximum atomic E-state index is 12.4. The molecule has 142 valence electrons. The van der Waals surface area contributed by atoms with Crippen LogP contribution in [0.3, 0.4) is 0 Å². The average Bonchev–Trinajstić information content (AvgIpc) is 2.73. The highest BCUT2D eigenvalue weighted by atomic mass is 35.5. The normalized spacial score (nSPS) is 10.2. The Kier molecular flexibility index (Phi) is 6.65. The van der Waals surface area contributed by atoms with Crippen molar-refractivity contribution >= 4 is 29.0 Å². The Bertz CT molecular complexity index is 941. The Balaban J connectivity index is 1.56. The first-order valence-electron chi connectivity index (χ1n) is 8.73. The van der Waals surface area contributed by atoms with Gasteiger partial charge in [-0.1, -0.05) is 29.8 Å². The van der Waals surface area contributed by atoms with E-state index in [1.165, 1.54) is 0 Å². The molecule has 0 unspecified atom stereocenters. The van der Waals surface area contributed by atoms with Crippen molar-refractivity contribution < 1.29 is 9.53 Å². The fourth-order valence-electron chi connectivity index (χ4n) is 2.43. The van der Waals surface area contributed by atoms with E-state index in [-0.39, 0.29) is 5.91 Å². The number of hydrogen-bond donors (Lipinski definition) is 2. The third-order valence-electron chi connectivity index (χ3n) is 3.88. The SMILES string of the molecule is C=CCNc1cc(C(=O)Nc2ccc(OCc3ccc(Cl)cc3)cc2)ccn1. The van der Waals surface area contributed by atoms with Crippen molar-refractivity contribution in [1.29, 1.82) is 0 Å². The third kappa shape index (κ3) is 5.59. The zero-order chi connectivity index (χ0) is 19.8. The van der Waals surface area contributed by atoms with Gasteiger partial charge in [0, 0.05) is 29.0 Å². The second kappa shape index (κ2) is 9.58. The number of nitrogens with zero attached hydrogens (tertiary/aromatic N) is 1. The fourth-order valence-corrected chi connectivity index (χ4v) is 2.56. The lowest BCUT2D eigenvalue weighted by Gasteiger charge is -2.09. The van der Waals surface area contributed by atoms with Gasteiger partial charge in [-0.25, -0.2) is 4.98 Å². The summed E-state index contributed by atoms with van der Waals surface area (Å²) in [6.45, 7) is 4.67. The van der Waals surface area contributed by atoms with Gasteiger partial charge in [0.1, 0.15) is 18.2 Å². The molecule has 2 N–H and O–H groups in total. The van der Waals surface area contributed by atoms with Gasteiger partial charge in [0.15, 0.2) is 0 Å². The molecule has 5 nitrogen and oxygen atoms in total. The number of rotatable bonds is 8. The van der Waals surface area contributed by atoms with Gasteiger partial charge in [0.05, 0.1) is 0 Å². The average molecular weight is 394 g/mol.